The average Bonchev–Trinajstić information content (AvgIpc) is 3.30. The predicted molar refractivity (Wildman–Crippen MR) is 122 cm³/mol. The zero-order chi connectivity index (χ0) is 22.9. The number of carbonyl (C=O) groups excluding carboxylic acids is 1. The zero-order valence-corrected chi connectivity index (χ0v) is 19.0. The van der Waals surface area contributed by atoms with E-state index in [-0.39, 0.29) is 18.6 Å². The number of nitrogens with zero attached hydrogens (tertiary/aromatic N) is 1. The van der Waals surface area contributed by atoms with Crippen LogP contribution in [0.3, 0.4) is 0 Å². The van der Waals surface area contributed by atoms with E-state index in [4.69, 9.17) is 18.6 Å². The first-order valence-electron chi connectivity index (χ1n) is 10.9. The summed E-state index contributed by atoms with van der Waals surface area (Å²) in [6, 6.07) is 12.7. The van der Waals surface area contributed by atoms with Gasteiger partial charge >= 0.3 is 0 Å². The van der Waals surface area contributed by atoms with Crippen LogP contribution in [-0.2, 0) is 6.54 Å². The lowest BCUT2D eigenvalue weighted by molar-refractivity contribution is 0.0946. The van der Waals surface area contributed by atoms with Gasteiger partial charge < -0.3 is 23.9 Å². The maximum atomic E-state index is 12.6. The van der Waals surface area contributed by atoms with Crippen molar-refractivity contribution in [1.29, 1.82) is 0 Å². The van der Waals surface area contributed by atoms with Crippen LogP contribution in [0.2, 0.25) is 0 Å². The van der Waals surface area contributed by atoms with E-state index in [1.807, 2.05) is 31.2 Å². The number of hydrogen-bond acceptors (Lipinski definition) is 6. The molecular weight excluding hydrogens is 408 g/mol. The van der Waals surface area contributed by atoms with Crippen molar-refractivity contribution in [2.75, 3.05) is 13.7 Å². The Morgan fingerprint density at radius 1 is 1.06 bits per heavy atom. The SMILES string of the molecule is CCOc1ccccc1C(=O)NCc1coc(-c2ccc(OC)c(OC(CC)CC)c2)n1. The molecule has 0 aliphatic heterocycles. The molecule has 7 heteroatoms. The molecule has 7 nitrogen and oxygen atoms in total. The second kappa shape index (κ2) is 11.2. The highest BCUT2D eigenvalue weighted by Crippen LogP contribution is 2.33. The molecule has 32 heavy (non-hydrogen) atoms. The van der Waals surface area contributed by atoms with Crippen LogP contribution in [0, 0.1) is 0 Å². The van der Waals surface area contributed by atoms with Crippen molar-refractivity contribution in [2.24, 2.45) is 0 Å². The lowest BCUT2D eigenvalue weighted by atomic mass is 10.2. The molecule has 0 saturated heterocycles. The highest BCUT2D eigenvalue weighted by atomic mass is 16.5. The summed E-state index contributed by atoms with van der Waals surface area (Å²) in [5.74, 6) is 2.08. The van der Waals surface area contributed by atoms with Crippen molar-refractivity contribution in [2.45, 2.75) is 46.3 Å². The lowest BCUT2D eigenvalue weighted by Gasteiger charge is -2.18. The zero-order valence-electron chi connectivity index (χ0n) is 19.0. The maximum Gasteiger partial charge on any atom is 0.255 e. The normalized spacial score (nSPS) is 10.8. The minimum atomic E-state index is -0.232. The molecule has 0 fully saturated rings. The number of oxazole rings is 1. The summed E-state index contributed by atoms with van der Waals surface area (Å²) in [4.78, 5) is 17.1. The van der Waals surface area contributed by atoms with Crippen molar-refractivity contribution < 1.29 is 23.4 Å². The molecule has 0 radical (unpaired) electrons. The molecule has 0 atom stereocenters. The maximum absolute atomic E-state index is 12.6. The van der Waals surface area contributed by atoms with Crippen molar-refractivity contribution in [3.63, 3.8) is 0 Å². The first-order chi connectivity index (χ1) is 15.6. The van der Waals surface area contributed by atoms with Gasteiger partial charge in [-0.25, -0.2) is 4.98 Å². The summed E-state index contributed by atoms with van der Waals surface area (Å²) >= 11 is 0. The number of amides is 1. The van der Waals surface area contributed by atoms with Gasteiger partial charge in [-0.2, -0.15) is 0 Å². The Labute approximate surface area is 188 Å². The fourth-order valence-electron chi connectivity index (χ4n) is 3.26. The number of carbonyl (C=O) groups is 1. The third-order valence-corrected chi connectivity index (χ3v) is 5.03. The molecule has 0 spiro atoms. The van der Waals surface area contributed by atoms with Crippen molar-refractivity contribution in [3.8, 4) is 28.7 Å². The highest BCUT2D eigenvalue weighted by molar-refractivity contribution is 5.96. The van der Waals surface area contributed by atoms with Crippen LogP contribution in [-0.4, -0.2) is 30.7 Å². The van der Waals surface area contributed by atoms with Gasteiger partial charge in [0.1, 0.15) is 12.0 Å². The smallest absolute Gasteiger partial charge is 0.255 e. The molecule has 0 aliphatic carbocycles. The minimum Gasteiger partial charge on any atom is -0.493 e. The first-order valence-corrected chi connectivity index (χ1v) is 10.9. The summed E-state index contributed by atoms with van der Waals surface area (Å²) in [6.45, 7) is 6.78. The number of ether oxygens (including phenoxy) is 3. The van der Waals surface area contributed by atoms with Gasteiger partial charge in [0.2, 0.25) is 5.89 Å². The molecule has 170 valence electrons. The van der Waals surface area contributed by atoms with Gasteiger partial charge in [-0.15, -0.1) is 0 Å². The number of nitrogens with one attached hydrogen (secondary N) is 1. The van der Waals surface area contributed by atoms with E-state index in [1.165, 1.54) is 6.26 Å². The summed E-state index contributed by atoms with van der Waals surface area (Å²) in [5, 5.41) is 2.86. The van der Waals surface area contributed by atoms with Gasteiger partial charge in [-0.1, -0.05) is 26.0 Å². The molecule has 0 unspecified atom stereocenters. The van der Waals surface area contributed by atoms with E-state index < -0.39 is 0 Å². The molecule has 0 bridgehead atoms. The molecule has 0 aliphatic rings. The van der Waals surface area contributed by atoms with Gasteiger partial charge in [0, 0.05) is 5.56 Å². The minimum absolute atomic E-state index is 0.106. The summed E-state index contributed by atoms with van der Waals surface area (Å²) in [6.07, 6.45) is 3.45. The largest absolute Gasteiger partial charge is 0.493 e. The molecular formula is C25H30N2O5. The molecule has 1 aromatic heterocycles. The number of hydrogen-bond donors (Lipinski definition) is 1. The second-order valence-corrected chi connectivity index (χ2v) is 7.18. The summed E-state index contributed by atoms with van der Waals surface area (Å²) < 4.78 is 22.7. The van der Waals surface area contributed by atoms with Crippen molar-refractivity contribution in [3.05, 3.63) is 60.0 Å². The molecule has 3 aromatic rings. The summed E-state index contributed by atoms with van der Waals surface area (Å²) in [5.41, 5.74) is 1.86. The highest BCUT2D eigenvalue weighted by Gasteiger charge is 2.16. The van der Waals surface area contributed by atoms with E-state index in [0.29, 0.717) is 41.0 Å². The third kappa shape index (κ3) is 5.60. The van der Waals surface area contributed by atoms with Crippen LogP contribution in [0.4, 0.5) is 0 Å². The Bertz CT molecular complexity index is 1030. The quantitative estimate of drug-likeness (QED) is 0.440. The number of para-hydroxylation sites is 1. The molecule has 3 rings (SSSR count). The number of rotatable bonds is 11. The van der Waals surface area contributed by atoms with Crippen LogP contribution < -0.4 is 19.5 Å². The van der Waals surface area contributed by atoms with Gasteiger partial charge in [-0.3, -0.25) is 4.79 Å². The van der Waals surface area contributed by atoms with Crippen LogP contribution >= 0.6 is 0 Å². The molecule has 2 aromatic carbocycles. The average molecular weight is 439 g/mol. The van der Waals surface area contributed by atoms with E-state index >= 15 is 0 Å². The number of aromatic nitrogens is 1. The Kier molecular flexibility index (Phi) is 8.14. The van der Waals surface area contributed by atoms with E-state index in [9.17, 15) is 4.79 Å². The summed E-state index contributed by atoms with van der Waals surface area (Å²) in [7, 11) is 1.62. The Balaban J connectivity index is 1.71. The van der Waals surface area contributed by atoms with Gasteiger partial charge in [0.15, 0.2) is 11.5 Å². The van der Waals surface area contributed by atoms with Crippen LogP contribution in [0.5, 0.6) is 17.2 Å². The fraction of sp³-hybridized carbons (Fsp3) is 0.360. The Morgan fingerprint density at radius 3 is 2.56 bits per heavy atom. The number of benzene rings is 2. The van der Waals surface area contributed by atoms with E-state index in [0.717, 1.165) is 18.4 Å². The fourth-order valence-corrected chi connectivity index (χ4v) is 3.26. The van der Waals surface area contributed by atoms with Crippen LogP contribution in [0.1, 0.15) is 49.7 Å². The van der Waals surface area contributed by atoms with E-state index in [1.54, 1.807) is 25.3 Å². The monoisotopic (exact) mass is 438 g/mol. The Hall–Kier alpha value is -3.48. The Morgan fingerprint density at radius 2 is 1.84 bits per heavy atom. The standard InChI is InChI=1S/C25H30N2O5/c1-5-19(6-2)32-23-14-17(12-13-22(23)29-4)25-27-18(16-31-25)15-26-24(28)20-10-8-9-11-21(20)30-7-3/h8-14,16,19H,5-7,15H2,1-4H3,(H,26,28). The molecule has 1 N–H and O–H groups in total. The van der Waals surface area contributed by atoms with Gasteiger partial charge in [0.05, 0.1) is 37.6 Å². The molecule has 1 amide bonds. The molecule has 0 saturated carbocycles. The first kappa shape index (κ1) is 23.2. The van der Waals surface area contributed by atoms with Gasteiger partial charge in [0.25, 0.3) is 5.91 Å². The molecule has 1 heterocycles. The lowest BCUT2D eigenvalue weighted by Crippen LogP contribution is -2.23. The van der Waals surface area contributed by atoms with E-state index in [2.05, 4.69) is 24.1 Å². The third-order valence-electron chi connectivity index (χ3n) is 5.03. The van der Waals surface area contributed by atoms with Crippen molar-refractivity contribution in [1.82, 2.24) is 10.3 Å². The topological polar surface area (TPSA) is 82.8 Å². The van der Waals surface area contributed by atoms with Gasteiger partial charge in [-0.05, 0) is 50.1 Å². The second-order valence-electron chi connectivity index (χ2n) is 7.18. The van der Waals surface area contributed by atoms with Crippen LogP contribution in [0.25, 0.3) is 11.5 Å². The predicted octanol–water partition coefficient (Wildman–Crippen LogP) is 5.25. The van der Waals surface area contributed by atoms with Crippen molar-refractivity contribution >= 4 is 5.91 Å². The van der Waals surface area contributed by atoms with Crippen LogP contribution in [0.15, 0.2) is 53.1 Å². The number of methoxy groups -OCH3 is 1.